The van der Waals surface area contributed by atoms with Gasteiger partial charge in [0.1, 0.15) is 0 Å². The number of carboxylic acids is 1. The Labute approximate surface area is 181 Å². The van der Waals surface area contributed by atoms with E-state index in [0.29, 0.717) is 18.4 Å². The molecule has 0 bridgehead atoms. The van der Waals surface area contributed by atoms with Gasteiger partial charge in [-0.15, -0.1) is 0 Å². The standard InChI is InChI=1S/C20H30N2O2.C2HF3O2/c1-17-3-5-18(6-4-17)15-21-11-8-20(9-12-21)10-13-22(16-20)19(23)7-14-24-2;3-2(4,5)1(6)7/h3-6H,7-16H2,1-2H3;(H,6,7). The number of amides is 1. The summed E-state index contributed by atoms with van der Waals surface area (Å²) in [4.78, 5) is 25.7. The second-order valence-electron chi connectivity index (χ2n) is 8.37. The minimum atomic E-state index is -5.08. The number of carboxylic acid groups (broad SMARTS) is 1. The van der Waals surface area contributed by atoms with Crippen molar-refractivity contribution in [1.82, 2.24) is 9.80 Å². The van der Waals surface area contributed by atoms with E-state index in [9.17, 15) is 18.0 Å². The molecular weight excluding hydrogens is 413 g/mol. The summed E-state index contributed by atoms with van der Waals surface area (Å²) in [5, 5.41) is 7.12. The highest BCUT2D eigenvalue weighted by Crippen LogP contribution is 2.40. The van der Waals surface area contributed by atoms with Gasteiger partial charge in [0.25, 0.3) is 0 Å². The highest BCUT2D eigenvalue weighted by Gasteiger charge is 2.41. The molecule has 2 aliphatic rings. The van der Waals surface area contributed by atoms with Gasteiger partial charge in [0.15, 0.2) is 0 Å². The maximum Gasteiger partial charge on any atom is 0.490 e. The molecule has 1 spiro atoms. The number of methoxy groups -OCH3 is 1. The third-order valence-corrected chi connectivity index (χ3v) is 6.00. The summed E-state index contributed by atoms with van der Waals surface area (Å²) in [6.07, 6.45) is -0.962. The number of carbonyl (C=O) groups excluding carboxylic acids is 1. The molecule has 6 nitrogen and oxygen atoms in total. The first-order valence-corrected chi connectivity index (χ1v) is 10.4. The summed E-state index contributed by atoms with van der Waals surface area (Å²) in [6, 6.07) is 8.87. The molecule has 2 saturated heterocycles. The summed E-state index contributed by atoms with van der Waals surface area (Å²) >= 11 is 0. The Balaban J connectivity index is 0.000000423. The molecular formula is C22H31F3N2O4. The van der Waals surface area contributed by atoms with Gasteiger partial charge in [0.2, 0.25) is 5.91 Å². The molecule has 2 aliphatic heterocycles. The van der Waals surface area contributed by atoms with Crippen molar-refractivity contribution in [3.63, 3.8) is 0 Å². The first-order valence-electron chi connectivity index (χ1n) is 10.4. The monoisotopic (exact) mass is 444 g/mol. The summed E-state index contributed by atoms with van der Waals surface area (Å²) in [7, 11) is 1.66. The van der Waals surface area contributed by atoms with Crippen LogP contribution in [0, 0.1) is 12.3 Å². The van der Waals surface area contributed by atoms with Crippen molar-refractivity contribution in [2.24, 2.45) is 5.41 Å². The number of carbonyl (C=O) groups is 2. The molecule has 1 amide bonds. The van der Waals surface area contributed by atoms with Crippen LogP contribution in [-0.2, 0) is 20.9 Å². The van der Waals surface area contributed by atoms with Crippen molar-refractivity contribution < 1.29 is 32.6 Å². The van der Waals surface area contributed by atoms with E-state index >= 15 is 0 Å². The quantitative estimate of drug-likeness (QED) is 0.753. The third-order valence-electron chi connectivity index (χ3n) is 6.00. The van der Waals surface area contributed by atoms with Crippen LogP contribution in [0.5, 0.6) is 0 Å². The molecule has 0 aromatic heterocycles. The van der Waals surface area contributed by atoms with Crippen LogP contribution in [0.15, 0.2) is 24.3 Å². The lowest BCUT2D eigenvalue weighted by molar-refractivity contribution is -0.192. The number of rotatable bonds is 5. The Morgan fingerprint density at radius 2 is 1.65 bits per heavy atom. The number of aliphatic carboxylic acids is 1. The van der Waals surface area contributed by atoms with Crippen molar-refractivity contribution in [3.8, 4) is 0 Å². The molecule has 0 unspecified atom stereocenters. The van der Waals surface area contributed by atoms with Crippen LogP contribution < -0.4 is 0 Å². The smallest absolute Gasteiger partial charge is 0.475 e. The minimum Gasteiger partial charge on any atom is -0.475 e. The average Bonchev–Trinajstić information content (AvgIpc) is 3.13. The van der Waals surface area contributed by atoms with E-state index in [0.717, 1.165) is 32.7 Å². The van der Waals surface area contributed by atoms with Gasteiger partial charge in [-0.05, 0) is 50.3 Å². The number of aryl methyl sites for hydroxylation is 1. The first kappa shape index (κ1) is 25.1. The van der Waals surface area contributed by atoms with Crippen LogP contribution in [0.1, 0.15) is 36.8 Å². The predicted molar refractivity (Wildman–Crippen MR) is 110 cm³/mol. The Morgan fingerprint density at radius 3 is 2.16 bits per heavy atom. The van der Waals surface area contributed by atoms with Gasteiger partial charge >= 0.3 is 12.1 Å². The Bertz CT molecular complexity index is 729. The molecule has 9 heteroatoms. The predicted octanol–water partition coefficient (Wildman–Crippen LogP) is 3.48. The summed E-state index contributed by atoms with van der Waals surface area (Å²) in [6.45, 7) is 7.89. The zero-order chi connectivity index (χ0) is 23.1. The van der Waals surface area contributed by atoms with Gasteiger partial charge in [-0.25, -0.2) is 4.79 Å². The van der Waals surface area contributed by atoms with E-state index in [4.69, 9.17) is 14.6 Å². The fraction of sp³-hybridized carbons (Fsp3) is 0.636. The zero-order valence-corrected chi connectivity index (χ0v) is 18.1. The number of nitrogens with zero attached hydrogens (tertiary/aromatic N) is 2. The van der Waals surface area contributed by atoms with E-state index in [2.05, 4.69) is 41.0 Å². The number of alkyl halides is 3. The molecule has 174 valence electrons. The number of hydrogen-bond donors (Lipinski definition) is 1. The lowest BCUT2D eigenvalue weighted by Gasteiger charge is -2.39. The molecule has 2 heterocycles. The molecule has 0 aliphatic carbocycles. The number of ether oxygens (including phenoxy) is 1. The summed E-state index contributed by atoms with van der Waals surface area (Å²) in [5.74, 6) is -2.50. The molecule has 1 aromatic rings. The SMILES string of the molecule is COCCC(=O)N1CCC2(CCN(Cc3ccc(C)cc3)CC2)C1.O=C(O)C(F)(F)F. The summed E-state index contributed by atoms with van der Waals surface area (Å²) < 4.78 is 36.8. The normalized spacial score (nSPS) is 18.5. The molecule has 2 fully saturated rings. The van der Waals surface area contributed by atoms with Crippen molar-refractivity contribution in [2.45, 2.75) is 45.3 Å². The molecule has 1 N–H and O–H groups in total. The van der Waals surface area contributed by atoms with Crippen molar-refractivity contribution in [3.05, 3.63) is 35.4 Å². The van der Waals surface area contributed by atoms with E-state index in [1.54, 1.807) is 7.11 Å². The van der Waals surface area contributed by atoms with Gasteiger partial charge in [0, 0.05) is 26.7 Å². The van der Waals surface area contributed by atoms with Crippen LogP contribution in [0.25, 0.3) is 0 Å². The first-order chi connectivity index (χ1) is 14.5. The molecule has 1 aromatic carbocycles. The Morgan fingerprint density at radius 1 is 1.10 bits per heavy atom. The number of benzene rings is 1. The molecule has 0 atom stereocenters. The van der Waals surface area contributed by atoms with Crippen LogP contribution in [0.4, 0.5) is 13.2 Å². The van der Waals surface area contributed by atoms with Crippen LogP contribution >= 0.6 is 0 Å². The van der Waals surface area contributed by atoms with Gasteiger partial charge in [-0.2, -0.15) is 13.2 Å². The summed E-state index contributed by atoms with van der Waals surface area (Å²) in [5.41, 5.74) is 3.09. The zero-order valence-electron chi connectivity index (χ0n) is 18.1. The maximum atomic E-state index is 12.2. The second kappa shape index (κ2) is 10.9. The number of hydrogen-bond acceptors (Lipinski definition) is 4. The van der Waals surface area contributed by atoms with Crippen LogP contribution in [0.2, 0.25) is 0 Å². The van der Waals surface area contributed by atoms with E-state index in [1.807, 2.05) is 0 Å². The largest absolute Gasteiger partial charge is 0.490 e. The molecule has 3 rings (SSSR count). The van der Waals surface area contributed by atoms with Gasteiger partial charge in [-0.3, -0.25) is 9.69 Å². The van der Waals surface area contributed by atoms with Crippen molar-refractivity contribution in [1.29, 1.82) is 0 Å². The lowest BCUT2D eigenvalue weighted by Crippen LogP contribution is -2.42. The Hall–Kier alpha value is -2.13. The van der Waals surface area contributed by atoms with Gasteiger partial charge in [0.05, 0.1) is 13.0 Å². The van der Waals surface area contributed by atoms with E-state index in [-0.39, 0.29) is 5.91 Å². The molecule has 0 saturated carbocycles. The second-order valence-corrected chi connectivity index (χ2v) is 8.37. The van der Waals surface area contributed by atoms with E-state index in [1.165, 1.54) is 30.4 Å². The average molecular weight is 444 g/mol. The molecule has 0 radical (unpaired) electrons. The number of halogens is 3. The number of piperidine rings is 1. The lowest BCUT2D eigenvalue weighted by atomic mass is 9.77. The van der Waals surface area contributed by atoms with Gasteiger partial charge in [-0.1, -0.05) is 29.8 Å². The van der Waals surface area contributed by atoms with Crippen LogP contribution in [0.3, 0.4) is 0 Å². The maximum absolute atomic E-state index is 12.2. The number of likely N-dealkylation sites (tertiary alicyclic amines) is 2. The van der Waals surface area contributed by atoms with E-state index < -0.39 is 12.1 Å². The van der Waals surface area contributed by atoms with Gasteiger partial charge < -0.3 is 14.7 Å². The minimum absolute atomic E-state index is 0.260. The highest BCUT2D eigenvalue weighted by atomic mass is 19.4. The fourth-order valence-electron chi connectivity index (χ4n) is 4.04. The highest BCUT2D eigenvalue weighted by molar-refractivity contribution is 5.76. The Kier molecular flexibility index (Phi) is 8.88. The fourth-order valence-corrected chi connectivity index (χ4v) is 4.04. The molecule has 31 heavy (non-hydrogen) atoms. The van der Waals surface area contributed by atoms with Crippen LogP contribution in [-0.4, -0.2) is 72.9 Å². The van der Waals surface area contributed by atoms with Crippen molar-refractivity contribution in [2.75, 3.05) is 39.9 Å². The third kappa shape index (κ3) is 7.81. The van der Waals surface area contributed by atoms with Crippen molar-refractivity contribution >= 4 is 11.9 Å². The topological polar surface area (TPSA) is 70.1 Å².